The highest BCUT2D eigenvalue weighted by Crippen LogP contribution is 2.30. The van der Waals surface area contributed by atoms with Crippen LogP contribution in [-0.4, -0.2) is 38.4 Å². The number of methoxy groups -OCH3 is 2. The quantitative estimate of drug-likeness (QED) is 0.558. The van der Waals surface area contributed by atoms with Crippen molar-refractivity contribution in [2.45, 2.75) is 45.4 Å². The molecule has 27 heavy (non-hydrogen) atoms. The summed E-state index contributed by atoms with van der Waals surface area (Å²) >= 11 is 0. The minimum absolute atomic E-state index is 0.0997. The van der Waals surface area contributed by atoms with Crippen LogP contribution in [0.1, 0.15) is 54.4 Å². The summed E-state index contributed by atoms with van der Waals surface area (Å²) in [5.74, 6) is -0.0188. The van der Waals surface area contributed by atoms with Crippen molar-refractivity contribution in [2.75, 3.05) is 20.8 Å². The van der Waals surface area contributed by atoms with Crippen molar-refractivity contribution in [1.82, 2.24) is 5.32 Å². The lowest BCUT2D eigenvalue weighted by molar-refractivity contribution is -0.148. The minimum Gasteiger partial charge on any atom is -0.496 e. The number of aryl methyl sites for hydroxylation is 1. The molecule has 148 valence electrons. The smallest absolute Gasteiger partial charge is 0.309 e. The predicted octanol–water partition coefficient (Wildman–Crippen LogP) is 3.06. The van der Waals surface area contributed by atoms with Crippen LogP contribution in [0.25, 0.3) is 0 Å². The van der Waals surface area contributed by atoms with Gasteiger partial charge in [-0.2, -0.15) is 0 Å². The number of rotatable bonds is 8. The Kier molecular flexibility index (Phi) is 7.82. The van der Waals surface area contributed by atoms with Crippen molar-refractivity contribution in [3.05, 3.63) is 29.3 Å². The Morgan fingerprint density at radius 2 is 1.85 bits per heavy atom. The molecule has 1 saturated carbocycles. The number of Topliss-reactive ketones (excluding diaryl/α,β-unsaturated/α-hetero) is 1. The monoisotopic (exact) mass is 375 g/mol. The molecule has 1 fully saturated rings. The van der Waals surface area contributed by atoms with Gasteiger partial charge in [-0.25, -0.2) is 0 Å². The van der Waals surface area contributed by atoms with E-state index < -0.39 is 0 Å². The van der Waals surface area contributed by atoms with Gasteiger partial charge in [0.25, 0.3) is 0 Å². The molecule has 2 rings (SSSR count). The molecule has 2 unspecified atom stereocenters. The van der Waals surface area contributed by atoms with Crippen LogP contribution in [0, 0.1) is 18.8 Å². The highest BCUT2D eigenvalue weighted by atomic mass is 16.5. The van der Waals surface area contributed by atoms with E-state index in [0.29, 0.717) is 17.9 Å². The number of amides is 1. The minimum atomic E-state index is -0.198. The summed E-state index contributed by atoms with van der Waals surface area (Å²) in [7, 11) is 2.92. The molecule has 1 aromatic carbocycles. The average Bonchev–Trinajstić information content (AvgIpc) is 2.69. The topological polar surface area (TPSA) is 81.7 Å². The highest BCUT2D eigenvalue weighted by Gasteiger charge is 2.31. The van der Waals surface area contributed by atoms with E-state index in [9.17, 15) is 14.4 Å². The van der Waals surface area contributed by atoms with Crippen LogP contribution in [0.5, 0.6) is 5.75 Å². The van der Waals surface area contributed by atoms with Crippen LogP contribution in [0.4, 0.5) is 0 Å². The van der Waals surface area contributed by atoms with Gasteiger partial charge in [0.2, 0.25) is 5.91 Å². The molecule has 0 bridgehead atoms. The number of carbonyl (C=O) groups excluding carboxylic acids is 3. The Balaban J connectivity index is 1.84. The Bertz CT molecular complexity index is 685. The summed E-state index contributed by atoms with van der Waals surface area (Å²) in [6, 6.07) is 5.42. The number of ether oxygens (including phenoxy) is 2. The Morgan fingerprint density at radius 3 is 2.56 bits per heavy atom. The van der Waals surface area contributed by atoms with Crippen LogP contribution in [0.2, 0.25) is 0 Å². The molecular formula is C21H29NO5. The third-order valence-corrected chi connectivity index (χ3v) is 5.21. The highest BCUT2D eigenvalue weighted by molar-refractivity contribution is 6.00. The molecule has 0 spiro atoms. The third-order valence-electron chi connectivity index (χ3n) is 5.21. The number of nitrogens with one attached hydrogen (secondary N) is 1. The predicted molar refractivity (Wildman–Crippen MR) is 102 cm³/mol. The van der Waals surface area contributed by atoms with Crippen LogP contribution in [0.15, 0.2) is 18.2 Å². The van der Waals surface area contributed by atoms with Gasteiger partial charge in [0, 0.05) is 19.4 Å². The van der Waals surface area contributed by atoms with Gasteiger partial charge in [-0.3, -0.25) is 14.4 Å². The Labute approximate surface area is 160 Å². The van der Waals surface area contributed by atoms with E-state index in [4.69, 9.17) is 9.47 Å². The number of carbonyl (C=O) groups is 3. The number of esters is 1. The van der Waals surface area contributed by atoms with Crippen LogP contribution in [-0.2, 0) is 14.3 Å². The molecule has 1 aromatic rings. The van der Waals surface area contributed by atoms with E-state index in [1.165, 1.54) is 14.2 Å². The first-order valence-corrected chi connectivity index (χ1v) is 9.48. The molecule has 0 aromatic heterocycles. The van der Waals surface area contributed by atoms with Crippen molar-refractivity contribution in [3.63, 3.8) is 0 Å². The molecule has 0 aliphatic heterocycles. The Morgan fingerprint density at radius 1 is 1.11 bits per heavy atom. The molecule has 2 atom stereocenters. The zero-order valence-corrected chi connectivity index (χ0v) is 16.4. The fourth-order valence-electron chi connectivity index (χ4n) is 3.65. The van der Waals surface area contributed by atoms with Crippen molar-refractivity contribution >= 4 is 17.7 Å². The second-order valence-corrected chi connectivity index (χ2v) is 7.11. The third kappa shape index (κ3) is 5.81. The van der Waals surface area contributed by atoms with Gasteiger partial charge in [-0.15, -0.1) is 0 Å². The van der Waals surface area contributed by atoms with E-state index in [1.54, 1.807) is 12.1 Å². The van der Waals surface area contributed by atoms with Gasteiger partial charge < -0.3 is 14.8 Å². The maximum Gasteiger partial charge on any atom is 0.309 e. The summed E-state index contributed by atoms with van der Waals surface area (Å²) in [6.07, 6.45) is 4.01. The lowest BCUT2D eigenvalue weighted by atomic mass is 9.79. The first kappa shape index (κ1) is 20.9. The van der Waals surface area contributed by atoms with Crippen LogP contribution in [0.3, 0.4) is 0 Å². The first-order valence-electron chi connectivity index (χ1n) is 9.48. The normalized spacial score (nSPS) is 19.2. The first-order chi connectivity index (χ1) is 13.0. The van der Waals surface area contributed by atoms with Crippen LogP contribution >= 0.6 is 0 Å². The van der Waals surface area contributed by atoms with Crippen molar-refractivity contribution in [1.29, 1.82) is 0 Å². The van der Waals surface area contributed by atoms with Crippen molar-refractivity contribution in [3.8, 4) is 5.75 Å². The zero-order chi connectivity index (χ0) is 19.8. The largest absolute Gasteiger partial charge is 0.496 e. The van der Waals surface area contributed by atoms with Gasteiger partial charge >= 0.3 is 5.97 Å². The van der Waals surface area contributed by atoms with Crippen molar-refractivity contribution in [2.24, 2.45) is 11.8 Å². The van der Waals surface area contributed by atoms with E-state index in [0.717, 1.165) is 31.2 Å². The molecule has 0 heterocycles. The fraction of sp³-hybridized carbons (Fsp3) is 0.571. The molecule has 6 nitrogen and oxygen atoms in total. The SMILES string of the molecule is COC(=O)C1CCCCC1CNC(=O)CCC(=O)c1cc(C)ccc1OC. The number of hydrogen-bond donors (Lipinski definition) is 1. The fourth-order valence-corrected chi connectivity index (χ4v) is 3.65. The summed E-state index contributed by atoms with van der Waals surface area (Å²) in [5.41, 5.74) is 1.47. The summed E-state index contributed by atoms with van der Waals surface area (Å²) in [5, 5.41) is 2.88. The number of benzene rings is 1. The molecule has 1 N–H and O–H groups in total. The van der Waals surface area contributed by atoms with E-state index >= 15 is 0 Å². The molecule has 1 aliphatic rings. The van der Waals surface area contributed by atoms with Gasteiger partial charge in [0.1, 0.15) is 5.75 Å². The number of hydrogen-bond acceptors (Lipinski definition) is 5. The lowest BCUT2D eigenvalue weighted by Crippen LogP contribution is -2.37. The maximum absolute atomic E-state index is 12.4. The Hall–Kier alpha value is -2.37. The van der Waals surface area contributed by atoms with E-state index in [-0.39, 0.29) is 42.3 Å². The molecule has 0 radical (unpaired) electrons. The summed E-state index contributed by atoms with van der Waals surface area (Å²) < 4.78 is 10.1. The number of ketones is 1. The van der Waals surface area contributed by atoms with Gasteiger partial charge in [0.15, 0.2) is 5.78 Å². The zero-order valence-electron chi connectivity index (χ0n) is 16.4. The maximum atomic E-state index is 12.4. The molecule has 1 amide bonds. The van der Waals surface area contributed by atoms with Gasteiger partial charge in [-0.05, 0) is 37.8 Å². The standard InChI is InChI=1S/C21H29NO5/c1-14-8-10-19(26-2)17(12-14)18(23)9-11-20(24)22-13-15-6-4-5-7-16(15)21(25)27-3/h8,10,12,15-16H,4-7,9,11,13H2,1-3H3,(H,22,24). The van der Waals surface area contributed by atoms with Crippen molar-refractivity contribution < 1.29 is 23.9 Å². The molecule has 6 heteroatoms. The second-order valence-electron chi connectivity index (χ2n) is 7.11. The molecule has 1 aliphatic carbocycles. The van der Waals surface area contributed by atoms with Gasteiger partial charge in [0.05, 0.1) is 25.7 Å². The van der Waals surface area contributed by atoms with E-state index in [1.807, 2.05) is 13.0 Å². The summed E-state index contributed by atoms with van der Waals surface area (Å²) in [6.45, 7) is 2.35. The molecule has 0 saturated heterocycles. The van der Waals surface area contributed by atoms with Crippen LogP contribution < -0.4 is 10.1 Å². The summed E-state index contributed by atoms with van der Waals surface area (Å²) in [4.78, 5) is 36.5. The van der Waals surface area contributed by atoms with Gasteiger partial charge in [-0.1, -0.05) is 24.5 Å². The molecular weight excluding hydrogens is 346 g/mol. The second kappa shape index (κ2) is 10.1. The average molecular weight is 375 g/mol. The van der Waals surface area contributed by atoms with E-state index in [2.05, 4.69) is 5.32 Å². The lowest BCUT2D eigenvalue weighted by Gasteiger charge is -2.29.